The summed E-state index contributed by atoms with van der Waals surface area (Å²) in [5, 5.41) is 9.01. The van der Waals surface area contributed by atoms with Crippen LogP contribution in [-0.4, -0.2) is 37.7 Å². The minimum atomic E-state index is -0.953. The molecule has 2 aromatic carbocycles. The number of ether oxygens (including phenoxy) is 2. The molecule has 0 fully saturated rings. The highest BCUT2D eigenvalue weighted by Gasteiger charge is 2.15. The second-order valence-electron chi connectivity index (χ2n) is 6.70. The lowest BCUT2D eigenvalue weighted by Gasteiger charge is -2.13. The maximum Gasteiger partial charge on any atom is 0.329 e. The van der Waals surface area contributed by atoms with Gasteiger partial charge in [0.15, 0.2) is 18.1 Å². The van der Waals surface area contributed by atoms with E-state index >= 15 is 0 Å². The topological polar surface area (TPSA) is 131 Å². The highest BCUT2D eigenvalue weighted by Crippen LogP contribution is 2.36. The largest absolute Gasteiger partial charge is 0.493 e. The van der Waals surface area contributed by atoms with Crippen LogP contribution in [0.5, 0.6) is 11.5 Å². The Morgan fingerprint density at radius 2 is 1.88 bits per heavy atom. The Morgan fingerprint density at radius 1 is 1.09 bits per heavy atom. The molecule has 3 aromatic rings. The molecule has 3 rings (SSSR count). The minimum Gasteiger partial charge on any atom is -0.493 e. The summed E-state index contributed by atoms with van der Waals surface area (Å²) >= 11 is 6.28. The third-order valence-electron chi connectivity index (χ3n) is 4.25. The van der Waals surface area contributed by atoms with Crippen molar-refractivity contribution in [3.8, 4) is 11.5 Å². The van der Waals surface area contributed by atoms with Gasteiger partial charge in [0.2, 0.25) is 0 Å². The van der Waals surface area contributed by atoms with Crippen LogP contribution >= 0.6 is 11.6 Å². The van der Waals surface area contributed by atoms with E-state index in [1.165, 1.54) is 25.7 Å². The zero-order chi connectivity index (χ0) is 24.3. The van der Waals surface area contributed by atoms with Gasteiger partial charge < -0.3 is 24.5 Å². The smallest absolute Gasteiger partial charge is 0.329 e. The zero-order valence-electron chi connectivity index (χ0n) is 18.0. The van der Waals surface area contributed by atoms with Crippen molar-refractivity contribution in [2.24, 2.45) is 5.10 Å². The normalized spacial score (nSPS) is 10.5. The molecule has 0 aliphatic heterocycles. The molecule has 1 heterocycles. The molecule has 0 atom stereocenters. The second-order valence-corrected chi connectivity index (χ2v) is 7.11. The number of benzene rings is 2. The van der Waals surface area contributed by atoms with Crippen molar-refractivity contribution in [3.05, 3.63) is 77.2 Å². The van der Waals surface area contributed by atoms with Crippen molar-refractivity contribution in [1.82, 2.24) is 10.7 Å². The third-order valence-corrected chi connectivity index (χ3v) is 4.53. The number of nitrogens with one attached hydrogen (secondary N) is 3. The van der Waals surface area contributed by atoms with Gasteiger partial charge in [-0.15, -0.1) is 0 Å². The van der Waals surface area contributed by atoms with Crippen LogP contribution in [-0.2, 0) is 20.9 Å². The van der Waals surface area contributed by atoms with Gasteiger partial charge in [-0.2, -0.15) is 5.10 Å². The Hall–Kier alpha value is -4.31. The molecule has 10 nitrogen and oxygen atoms in total. The molecule has 11 heteroatoms. The quantitative estimate of drug-likeness (QED) is 0.243. The van der Waals surface area contributed by atoms with E-state index in [4.69, 9.17) is 25.5 Å². The van der Waals surface area contributed by atoms with Gasteiger partial charge in [0.25, 0.3) is 5.91 Å². The summed E-state index contributed by atoms with van der Waals surface area (Å²) in [6.07, 6.45) is 2.74. The summed E-state index contributed by atoms with van der Waals surface area (Å²) in [5.41, 5.74) is 3.21. The predicted octanol–water partition coefficient (Wildman–Crippen LogP) is 2.73. The Bertz CT molecular complexity index is 1170. The lowest BCUT2D eigenvalue weighted by atomic mass is 10.2. The molecule has 3 amide bonds. The van der Waals surface area contributed by atoms with Gasteiger partial charge in [0.1, 0.15) is 5.76 Å². The Balaban J connectivity index is 1.54. The van der Waals surface area contributed by atoms with E-state index in [1.54, 1.807) is 42.5 Å². The standard InChI is InChI=1S/C23H21ClN4O6/c1-32-19-11-15(12-26-28-23(31)22(30)25-13-17-8-5-9-33-17)10-18(24)21(19)34-14-20(29)27-16-6-3-2-4-7-16/h2-12H,13-14H2,1H3,(H,25,30)(H,27,29)(H,28,31)/b26-12-. The van der Waals surface area contributed by atoms with Crippen molar-refractivity contribution in [2.75, 3.05) is 19.0 Å². The van der Waals surface area contributed by atoms with Gasteiger partial charge >= 0.3 is 11.8 Å². The van der Waals surface area contributed by atoms with Crippen molar-refractivity contribution in [3.63, 3.8) is 0 Å². The monoisotopic (exact) mass is 484 g/mol. The Labute approximate surface area is 199 Å². The van der Waals surface area contributed by atoms with Gasteiger partial charge in [-0.1, -0.05) is 29.8 Å². The number of furan rings is 1. The summed E-state index contributed by atoms with van der Waals surface area (Å²) < 4.78 is 15.9. The van der Waals surface area contributed by atoms with Crippen LogP contribution in [0, 0.1) is 0 Å². The van der Waals surface area contributed by atoms with Crippen molar-refractivity contribution in [1.29, 1.82) is 0 Å². The fraction of sp³-hybridized carbons (Fsp3) is 0.130. The van der Waals surface area contributed by atoms with Crippen LogP contribution in [0.25, 0.3) is 0 Å². The molecular formula is C23H21ClN4O6. The average molecular weight is 485 g/mol. The molecule has 0 saturated heterocycles. The lowest BCUT2D eigenvalue weighted by Crippen LogP contribution is -2.37. The van der Waals surface area contributed by atoms with E-state index in [0.717, 1.165) is 0 Å². The van der Waals surface area contributed by atoms with Gasteiger partial charge in [-0.3, -0.25) is 14.4 Å². The molecule has 0 spiro atoms. The van der Waals surface area contributed by atoms with Crippen LogP contribution in [0.1, 0.15) is 11.3 Å². The number of amides is 3. The van der Waals surface area contributed by atoms with Gasteiger partial charge in [-0.25, -0.2) is 5.43 Å². The number of carbonyl (C=O) groups excluding carboxylic acids is 3. The summed E-state index contributed by atoms with van der Waals surface area (Å²) in [4.78, 5) is 35.8. The molecule has 0 radical (unpaired) electrons. The summed E-state index contributed by atoms with van der Waals surface area (Å²) in [5.74, 6) is -1.27. The molecule has 0 aliphatic rings. The predicted molar refractivity (Wildman–Crippen MR) is 125 cm³/mol. The number of carbonyl (C=O) groups is 3. The number of hydrogen-bond acceptors (Lipinski definition) is 7. The van der Waals surface area contributed by atoms with E-state index < -0.39 is 11.8 Å². The SMILES string of the molecule is COc1cc(/C=N\NC(=O)C(=O)NCc2ccco2)cc(Cl)c1OCC(=O)Nc1ccccc1. The first-order chi connectivity index (χ1) is 16.5. The summed E-state index contributed by atoms with van der Waals surface area (Å²) in [6, 6.07) is 15.3. The zero-order valence-corrected chi connectivity index (χ0v) is 18.8. The highest BCUT2D eigenvalue weighted by atomic mass is 35.5. The minimum absolute atomic E-state index is 0.0700. The van der Waals surface area contributed by atoms with Crippen LogP contribution in [0.2, 0.25) is 5.02 Å². The molecule has 0 aliphatic carbocycles. The van der Waals surface area contributed by atoms with Crippen LogP contribution in [0.15, 0.2) is 70.4 Å². The molecular weight excluding hydrogens is 464 g/mol. The number of anilines is 1. The van der Waals surface area contributed by atoms with Crippen molar-refractivity contribution in [2.45, 2.75) is 6.54 Å². The van der Waals surface area contributed by atoms with Crippen molar-refractivity contribution >= 4 is 41.2 Å². The lowest BCUT2D eigenvalue weighted by molar-refractivity contribution is -0.139. The van der Waals surface area contributed by atoms with Crippen molar-refractivity contribution < 1.29 is 28.3 Å². The first kappa shape index (κ1) is 24.3. The fourth-order valence-corrected chi connectivity index (χ4v) is 2.96. The molecule has 34 heavy (non-hydrogen) atoms. The molecule has 0 bridgehead atoms. The van der Waals surface area contributed by atoms with E-state index in [0.29, 0.717) is 17.0 Å². The summed E-state index contributed by atoms with van der Waals surface area (Å²) in [6.45, 7) is -0.220. The highest BCUT2D eigenvalue weighted by molar-refractivity contribution is 6.35. The van der Waals surface area contributed by atoms with E-state index in [2.05, 4.69) is 21.2 Å². The average Bonchev–Trinajstić information content (AvgIpc) is 3.35. The third kappa shape index (κ3) is 7.10. The van der Waals surface area contributed by atoms with Gasteiger partial charge in [0.05, 0.1) is 31.2 Å². The molecule has 0 saturated carbocycles. The van der Waals surface area contributed by atoms with E-state index in [1.807, 2.05) is 6.07 Å². The number of nitrogens with zero attached hydrogens (tertiary/aromatic N) is 1. The van der Waals surface area contributed by atoms with Crippen LogP contribution < -0.4 is 25.5 Å². The van der Waals surface area contributed by atoms with Gasteiger partial charge in [0, 0.05) is 5.69 Å². The van der Waals surface area contributed by atoms with Crippen LogP contribution in [0.4, 0.5) is 5.69 Å². The number of halogens is 1. The van der Waals surface area contributed by atoms with E-state index in [9.17, 15) is 14.4 Å². The summed E-state index contributed by atoms with van der Waals surface area (Å²) in [7, 11) is 1.41. The number of methoxy groups -OCH3 is 1. The van der Waals surface area contributed by atoms with E-state index in [-0.39, 0.29) is 35.6 Å². The molecule has 176 valence electrons. The number of para-hydroxylation sites is 1. The number of hydrazone groups is 1. The first-order valence-corrected chi connectivity index (χ1v) is 10.3. The number of rotatable bonds is 9. The number of hydrogen-bond donors (Lipinski definition) is 3. The maximum atomic E-state index is 12.1. The Kier molecular flexibility index (Phi) is 8.64. The molecule has 3 N–H and O–H groups in total. The second kappa shape index (κ2) is 12.1. The molecule has 0 unspecified atom stereocenters. The Morgan fingerprint density at radius 3 is 2.59 bits per heavy atom. The first-order valence-electron chi connectivity index (χ1n) is 9.95. The van der Waals surface area contributed by atoms with Gasteiger partial charge in [-0.05, 0) is 42.0 Å². The van der Waals surface area contributed by atoms with Crippen LogP contribution in [0.3, 0.4) is 0 Å². The molecule has 1 aromatic heterocycles. The maximum absolute atomic E-state index is 12.1. The fourth-order valence-electron chi connectivity index (χ4n) is 2.69.